The van der Waals surface area contributed by atoms with E-state index in [2.05, 4.69) is 11.0 Å². The summed E-state index contributed by atoms with van der Waals surface area (Å²) in [5, 5.41) is 18.1. The Labute approximate surface area is 106 Å². The Kier molecular flexibility index (Phi) is 4.29. The molecule has 0 bridgehead atoms. The van der Waals surface area contributed by atoms with E-state index in [0.717, 1.165) is 12.8 Å². The SMILES string of the molecule is N#Cc1ccc(F)cc1CN(CCO)C1CCC1. The number of aliphatic hydroxyl groups excluding tert-OH is 1. The second-order valence-electron chi connectivity index (χ2n) is 4.69. The van der Waals surface area contributed by atoms with Gasteiger partial charge in [0.1, 0.15) is 5.82 Å². The van der Waals surface area contributed by atoms with Crippen LogP contribution in [0, 0.1) is 17.1 Å². The van der Waals surface area contributed by atoms with Crippen molar-refractivity contribution in [1.82, 2.24) is 4.90 Å². The van der Waals surface area contributed by atoms with Crippen LogP contribution in [0.3, 0.4) is 0 Å². The van der Waals surface area contributed by atoms with Gasteiger partial charge in [0, 0.05) is 19.1 Å². The Morgan fingerprint density at radius 2 is 2.22 bits per heavy atom. The van der Waals surface area contributed by atoms with Crippen molar-refractivity contribution < 1.29 is 9.50 Å². The van der Waals surface area contributed by atoms with Crippen LogP contribution >= 0.6 is 0 Å². The number of rotatable bonds is 5. The average Bonchev–Trinajstić information content (AvgIpc) is 2.27. The minimum Gasteiger partial charge on any atom is -0.395 e. The molecule has 0 unspecified atom stereocenters. The average molecular weight is 248 g/mol. The Morgan fingerprint density at radius 3 is 2.78 bits per heavy atom. The predicted molar refractivity (Wildman–Crippen MR) is 66.2 cm³/mol. The maximum atomic E-state index is 13.2. The second kappa shape index (κ2) is 5.94. The molecule has 0 spiro atoms. The zero-order valence-electron chi connectivity index (χ0n) is 10.3. The van der Waals surface area contributed by atoms with Gasteiger partial charge >= 0.3 is 0 Å². The van der Waals surface area contributed by atoms with Gasteiger partial charge in [0.2, 0.25) is 0 Å². The highest BCUT2D eigenvalue weighted by Gasteiger charge is 2.25. The molecular formula is C14H17FN2O. The van der Waals surface area contributed by atoms with Crippen molar-refractivity contribution >= 4 is 0 Å². The summed E-state index contributed by atoms with van der Waals surface area (Å²) in [5.41, 5.74) is 1.22. The molecule has 0 atom stereocenters. The monoisotopic (exact) mass is 248 g/mol. The number of nitriles is 1. The molecule has 4 heteroatoms. The van der Waals surface area contributed by atoms with E-state index >= 15 is 0 Å². The standard InChI is InChI=1S/C14H17FN2O/c15-13-5-4-11(9-16)12(8-13)10-17(6-7-18)14-2-1-3-14/h4-5,8,14,18H,1-3,6-7,10H2. The molecule has 1 aromatic carbocycles. The highest BCUT2D eigenvalue weighted by Crippen LogP contribution is 2.26. The van der Waals surface area contributed by atoms with Crippen LogP contribution in [0.2, 0.25) is 0 Å². The van der Waals surface area contributed by atoms with Gasteiger partial charge in [-0.3, -0.25) is 4.90 Å². The lowest BCUT2D eigenvalue weighted by Gasteiger charge is -2.37. The van der Waals surface area contributed by atoms with Crippen molar-refractivity contribution in [3.8, 4) is 6.07 Å². The normalized spacial score (nSPS) is 15.4. The van der Waals surface area contributed by atoms with Crippen molar-refractivity contribution in [3.05, 3.63) is 35.1 Å². The smallest absolute Gasteiger partial charge is 0.123 e. The minimum atomic E-state index is -0.318. The van der Waals surface area contributed by atoms with E-state index in [1.54, 1.807) is 0 Å². The number of hydrogen-bond acceptors (Lipinski definition) is 3. The first-order valence-corrected chi connectivity index (χ1v) is 6.28. The molecule has 18 heavy (non-hydrogen) atoms. The summed E-state index contributed by atoms with van der Waals surface area (Å²) in [5.74, 6) is -0.318. The number of benzene rings is 1. The molecule has 0 amide bonds. The summed E-state index contributed by atoms with van der Waals surface area (Å²) in [6.07, 6.45) is 3.45. The number of aliphatic hydroxyl groups is 1. The second-order valence-corrected chi connectivity index (χ2v) is 4.69. The highest BCUT2D eigenvalue weighted by atomic mass is 19.1. The van der Waals surface area contributed by atoms with E-state index in [1.807, 2.05) is 0 Å². The number of hydrogen-bond donors (Lipinski definition) is 1. The van der Waals surface area contributed by atoms with Gasteiger partial charge in [-0.05, 0) is 36.6 Å². The lowest BCUT2D eigenvalue weighted by molar-refractivity contribution is 0.0944. The van der Waals surface area contributed by atoms with Crippen molar-refractivity contribution in [3.63, 3.8) is 0 Å². The van der Waals surface area contributed by atoms with Crippen molar-refractivity contribution in [2.75, 3.05) is 13.2 Å². The van der Waals surface area contributed by atoms with Crippen LogP contribution < -0.4 is 0 Å². The molecule has 0 aromatic heterocycles. The molecule has 0 heterocycles. The zero-order chi connectivity index (χ0) is 13.0. The van der Waals surface area contributed by atoms with Gasteiger partial charge in [-0.15, -0.1) is 0 Å². The van der Waals surface area contributed by atoms with E-state index in [0.29, 0.717) is 30.3 Å². The molecule has 0 aliphatic heterocycles. The summed E-state index contributed by atoms with van der Waals surface area (Å²) in [4.78, 5) is 2.14. The first-order chi connectivity index (χ1) is 8.74. The van der Waals surface area contributed by atoms with E-state index in [-0.39, 0.29) is 12.4 Å². The highest BCUT2D eigenvalue weighted by molar-refractivity contribution is 5.37. The van der Waals surface area contributed by atoms with Crippen molar-refractivity contribution in [2.24, 2.45) is 0 Å². The van der Waals surface area contributed by atoms with Crippen molar-refractivity contribution in [2.45, 2.75) is 31.8 Å². The first-order valence-electron chi connectivity index (χ1n) is 6.28. The van der Waals surface area contributed by atoms with Gasteiger partial charge in [-0.2, -0.15) is 5.26 Å². The Hall–Kier alpha value is -1.44. The Morgan fingerprint density at radius 1 is 1.44 bits per heavy atom. The maximum Gasteiger partial charge on any atom is 0.123 e. The quantitative estimate of drug-likeness (QED) is 0.867. The molecule has 1 aliphatic rings. The number of halogens is 1. The van der Waals surface area contributed by atoms with Gasteiger partial charge in [-0.25, -0.2) is 4.39 Å². The van der Waals surface area contributed by atoms with Crippen LogP contribution in [-0.2, 0) is 6.54 Å². The number of nitrogens with zero attached hydrogens (tertiary/aromatic N) is 2. The summed E-state index contributed by atoms with van der Waals surface area (Å²) < 4.78 is 13.2. The van der Waals surface area contributed by atoms with Crippen LogP contribution in [-0.4, -0.2) is 29.2 Å². The summed E-state index contributed by atoms with van der Waals surface area (Å²) in [7, 11) is 0. The summed E-state index contributed by atoms with van der Waals surface area (Å²) >= 11 is 0. The molecule has 1 aliphatic carbocycles. The van der Waals surface area contributed by atoms with Crippen LogP contribution in [0.4, 0.5) is 4.39 Å². The molecule has 2 rings (SSSR count). The van der Waals surface area contributed by atoms with Crippen LogP contribution in [0.15, 0.2) is 18.2 Å². The van der Waals surface area contributed by atoms with Crippen molar-refractivity contribution in [1.29, 1.82) is 5.26 Å². The molecule has 3 nitrogen and oxygen atoms in total. The topological polar surface area (TPSA) is 47.3 Å². The van der Waals surface area contributed by atoms with Crippen LogP contribution in [0.25, 0.3) is 0 Å². The lowest BCUT2D eigenvalue weighted by Crippen LogP contribution is -2.41. The van der Waals surface area contributed by atoms with Crippen LogP contribution in [0.1, 0.15) is 30.4 Å². The Balaban J connectivity index is 2.14. The van der Waals surface area contributed by atoms with E-state index < -0.39 is 0 Å². The molecule has 1 fully saturated rings. The molecule has 1 aromatic rings. The lowest BCUT2D eigenvalue weighted by atomic mass is 9.91. The van der Waals surface area contributed by atoms with Gasteiger partial charge in [0.05, 0.1) is 18.2 Å². The fourth-order valence-electron chi connectivity index (χ4n) is 2.29. The third kappa shape index (κ3) is 2.87. The molecule has 1 N–H and O–H groups in total. The van der Waals surface area contributed by atoms with E-state index in [1.165, 1.54) is 24.6 Å². The molecular weight excluding hydrogens is 231 g/mol. The minimum absolute atomic E-state index is 0.0910. The first kappa shape index (κ1) is 13.0. The van der Waals surface area contributed by atoms with E-state index in [4.69, 9.17) is 10.4 Å². The zero-order valence-corrected chi connectivity index (χ0v) is 10.3. The van der Waals surface area contributed by atoms with Crippen LogP contribution in [0.5, 0.6) is 0 Å². The summed E-state index contributed by atoms with van der Waals surface area (Å²) in [6.45, 7) is 1.20. The molecule has 96 valence electrons. The third-order valence-corrected chi connectivity index (χ3v) is 3.54. The van der Waals surface area contributed by atoms with E-state index in [9.17, 15) is 4.39 Å². The molecule has 1 saturated carbocycles. The predicted octanol–water partition coefficient (Wildman–Crippen LogP) is 2.04. The molecule has 0 saturated heterocycles. The molecule has 0 radical (unpaired) electrons. The van der Waals surface area contributed by atoms with Gasteiger partial charge in [0.15, 0.2) is 0 Å². The fraction of sp³-hybridized carbons (Fsp3) is 0.500. The fourth-order valence-corrected chi connectivity index (χ4v) is 2.29. The largest absolute Gasteiger partial charge is 0.395 e. The van der Waals surface area contributed by atoms with Gasteiger partial charge in [0.25, 0.3) is 0 Å². The van der Waals surface area contributed by atoms with Gasteiger partial charge in [-0.1, -0.05) is 6.42 Å². The third-order valence-electron chi connectivity index (χ3n) is 3.54. The summed E-state index contributed by atoms with van der Waals surface area (Å²) in [6, 6.07) is 6.80. The maximum absolute atomic E-state index is 13.2. The van der Waals surface area contributed by atoms with Gasteiger partial charge < -0.3 is 5.11 Å². The Bertz CT molecular complexity index is 452.